The van der Waals surface area contributed by atoms with Crippen LogP contribution in [0.5, 0.6) is 0 Å². The number of rotatable bonds is 4. The molecule has 0 aliphatic heterocycles. The molecule has 0 amide bonds. The Labute approximate surface area is 113 Å². The Morgan fingerprint density at radius 2 is 1.68 bits per heavy atom. The Balaban J connectivity index is 2.42. The summed E-state index contributed by atoms with van der Waals surface area (Å²) in [6.07, 6.45) is -0.503. The summed E-state index contributed by atoms with van der Waals surface area (Å²) >= 11 is 0. The second-order valence-electron chi connectivity index (χ2n) is 4.52. The first-order valence-electron chi connectivity index (χ1n) is 6.09. The summed E-state index contributed by atoms with van der Waals surface area (Å²) in [5.41, 5.74) is 4.09. The highest BCUT2D eigenvalue weighted by atomic mass is 31.1. The normalized spacial score (nSPS) is 14.1. The highest BCUT2D eigenvalue weighted by molar-refractivity contribution is 7.32. The smallest absolute Gasteiger partial charge is 0.317 e. The van der Waals surface area contributed by atoms with Gasteiger partial charge in [0.2, 0.25) is 0 Å². The van der Waals surface area contributed by atoms with Crippen LogP contribution in [0.15, 0.2) is 48.5 Å². The third-order valence-corrected chi connectivity index (χ3v) is 3.59. The van der Waals surface area contributed by atoms with Crippen molar-refractivity contribution in [1.29, 1.82) is 0 Å². The van der Waals surface area contributed by atoms with Gasteiger partial charge in [0.05, 0.1) is 0 Å². The van der Waals surface area contributed by atoms with E-state index in [1.165, 1.54) is 5.56 Å². The van der Waals surface area contributed by atoms with Crippen LogP contribution in [-0.2, 0) is 9.09 Å². The molecule has 0 saturated carbocycles. The van der Waals surface area contributed by atoms with Crippen molar-refractivity contribution in [2.24, 2.45) is 0 Å². The van der Waals surface area contributed by atoms with Crippen LogP contribution in [0.1, 0.15) is 28.4 Å². The molecule has 0 bridgehead atoms. The average molecular weight is 276 g/mol. The Morgan fingerprint density at radius 1 is 1.00 bits per heavy atom. The maximum Gasteiger partial charge on any atom is 0.317 e. The zero-order valence-electron chi connectivity index (χ0n) is 11.0. The maximum absolute atomic E-state index is 11.1. The predicted octanol–water partition coefficient (Wildman–Crippen LogP) is 3.79. The van der Waals surface area contributed by atoms with Gasteiger partial charge in [-0.1, -0.05) is 48.5 Å². The Bertz CT molecular complexity index is 581. The lowest BCUT2D eigenvalue weighted by Gasteiger charge is -2.18. The van der Waals surface area contributed by atoms with Gasteiger partial charge in [-0.05, 0) is 36.1 Å². The average Bonchev–Trinajstić information content (AvgIpc) is 2.40. The molecule has 100 valence electrons. The molecule has 1 N–H and O–H groups in total. The number of benzene rings is 2. The van der Waals surface area contributed by atoms with Crippen molar-refractivity contribution in [3.8, 4) is 0 Å². The second-order valence-corrected chi connectivity index (χ2v) is 5.29. The van der Waals surface area contributed by atoms with E-state index in [1.807, 2.05) is 62.4 Å². The third kappa shape index (κ3) is 3.54. The maximum atomic E-state index is 11.1. The second kappa shape index (κ2) is 6.16. The lowest BCUT2D eigenvalue weighted by atomic mass is 9.98. The molecule has 0 aliphatic carbocycles. The molecule has 0 spiro atoms. The zero-order chi connectivity index (χ0) is 13.8. The van der Waals surface area contributed by atoms with Gasteiger partial charge in [-0.2, -0.15) is 0 Å². The summed E-state index contributed by atoms with van der Waals surface area (Å²) in [7, 11) is -3.00. The summed E-state index contributed by atoms with van der Waals surface area (Å²) in [6, 6.07) is 15.4. The molecule has 2 unspecified atom stereocenters. The van der Waals surface area contributed by atoms with Crippen molar-refractivity contribution < 1.29 is 14.0 Å². The molecule has 3 nitrogen and oxygen atoms in total. The molecule has 2 atom stereocenters. The van der Waals surface area contributed by atoms with E-state index in [0.717, 1.165) is 16.7 Å². The molecule has 2 rings (SSSR count). The van der Waals surface area contributed by atoms with Gasteiger partial charge in [0, 0.05) is 0 Å². The van der Waals surface area contributed by atoms with E-state index in [1.54, 1.807) is 0 Å². The molecule has 4 heteroatoms. The van der Waals surface area contributed by atoms with E-state index in [0.29, 0.717) is 0 Å². The van der Waals surface area contributed by atoms with E-state index >= 15 is 0 Å². The van der Waals surface area contributed by atoms with Crippen LogP contribution in [0.3, 0.4) is 0 Å². The Morgan fingerprint density at radius 3 is 2.26 bits per heavy atom. The van der Waals surface area contributed by atoms with Gasteiger partial charge >= 0.3 is 8.25 Å². The minimum Gasteiger partial charge on any atom is -0.326 e. The summed E-state index contributed by atoms with van der Waals surface area (Å²) in [5.74, 6) is 0. The van der Waals surface area contributed by atoms with Crippen molar-refractivity contribution in [2.75, 3.05) is 0 Å². The fraction of sp³-hybridized carbons (Fsp3) is 0.200. The molecular weight excluding hydrogens is 259 g/mol. The van der Waals surface area contributed by atoms with Crippen molar-refractivity contribution in [1.82, 2.24) is 0 Å². The van der Waals surface area contributed by atoms with Crippen LogP contribution in [-0.4, -0.2) is 4.89 Å². The van der Waals surface area contributed by atoms with Crippen LogP contribution >= 0.6 is 8.25 Å². The zero-order valence-corrected chi connectivity index (χ0v) is 12.0. The van der Waals surface area contributed by atoms with Gasteiger partial charge in [-0.25, -0.2) is 0 Å². The highest BCUT2D eigenvalue weighted by Gasteiger charge is 2.17. The summed E-state index contributed by atoms with van der Waals surface area (Å²) in [6.45, 7) is 4.05. The van der Waals surface area contributed by atoms with E-state index in [4.69, 9.17) is 9.42 Å². The number of hydrogen-bond acceptors (Lipinski definition) is 2. The first kappa shape index (κ1) is 14.0. The lowest BCUT2D eigenvalue weighted by molar-refractivity contribution is 0.226. The molecule has 2 aromatic rings. The molecule has 0 saturated heterocycles. The van der Waals surface area contributed by atoms with Crippen molar-refractivity contribution in [2.45, 2.75) is 20.0 Å². The summed E-state index contributed by atoms with van der Waals surface area (Å²) in [4.78, 5) is 9.09. The van der Waals surface area contributed by atoms with Crippen molar-refractivity contribution in [3.05, 3.63) is 70.8 Å². The summed E-state index contributed by atoms with van der Waals surface area (Å²) in [5, 5.41) is 0. The molecule has 0 fully saturated rings. The third-order valence-electron chi connectivity index (χ3n) is 3.15. The summed E-state index contributed by atoms with van der Waals surface area (Å²) < 4.78 is 16.3. The van der Waals surface area contributed by atoms with Crippen LogP contribution in [0, 0.1) is 13.8 Å². The molecule has 0 aliphatic rings. The molecule has 19 heavy (non-hydrogen) atoms. The monoisotopic (exact) mass is 276 g/mol. The Hall–Kier alpha value is -1.41. The molecule has 0 heterocycles. The van der Waals surface area contributed by atoms with E-state index < -0.39 is 14.4 Å². The minimum atomic E-state index is -3.00. The molecular formula is C15H17O3P. The van der Waals surface area contributed by atoms with E-state index in [2.05, 4.69) is 0 Å². The number of aryl methyl sites for hydroxylation is 2. The molecule has 2 aromatic carbocycles. The fourth-order valence-electron chi connectivity index (χ4n) is 1.98. The van der Waals surface area contributed by atoms with Gasteiger partial charge in [0.1, 0.15) is 6.10 Å². The van der Waals surface area contributed by atoms with Gasteiger partial charge in [-0.15, -0.1) is 0 Å². The fourth-order valence-corrected chi connectivity index (χ4v) is 2.46. The van der Waals surface area contributed by atoms with Crippen LogP contribution < -0.4 is 0 Å². The van der Waals surface area contributed by atoms with E-state index in [9.17, 15) is 4.57 Å². The largest absolute Gasteiger partial charge is 0.326 e. The predicted molar refractivity (Wildman–Crippen MR) is 76.5 cm³/mol. The van der Waals surface area contributed by atoms with Gasteiger partial charge in [-0.3, -0.25) is 9.09 Å². The Kier molecular flexibility index (Phi) is 4.54. The van der Waals surface area contributed by atoms with Gasteiger partial charge in [0.25, 0.3) is 0 Å². The minimum absolute atomic E-state index is 0.503. The molecule has 0 radical (unpaired) electrons. The van der Waals surface area contributed by atoms with Gasteiger partial charge < -0.3 is 4.89 Å². The molecule has 0 aromatic heterocycles. The van der Waals surface area contributed by atoms with Crippen LogP contribution in [0.2, 0.25) is 0 Å². The quantitative estimate of drug-likeness (QED) is 0.864. The first-order chi connectivity index (χ1) is 9.08. The van der Waals surface area contributed by atoms with E-state index in [-0.39, 0.29) is 0 Å². The standard InChI is InChI=1S/C15H17O3P/c1-11-8-9-14(10-12(11)2)15(18-19(16)17)13-6-4-3-5-7-13/h3-10,15,19H,1-2H3,(H,16,17). The topological polar surface area (TPSA) is 46.5 Å². The first-order valence-corrected chi connectivity index (χ1v) is 7.36. The lowest BCUT2D eigenvalue weighted by Crippen LogP contribution is -2.03. The van der Waals surface area contributed by atoms with Crippen LogP contribution in [0.4, 0.5) is 0 Å². The van der Waals surface area contributed by atoms with Gasteiger partial charge in [0.15, 0.2) is 0 Å². The highest BCUT2D eigenvalue weighted by Crippen LogP contribution is 2.34. The van der Waals surface area contributed by atoms with Crippen LogP contribution in [0.25, 0.3) is 0 Å². The number of hydrogen-bond donors (Lipinski definition) is 1. The SMILES string of the molecule is Cc1ccc(C(O[PH](=O)O)c2ccccc2)cc1C. The van der Waals surface area contributed by atoms with Crippen molar-refractivity contribution in [3.63, 3.8) is 0 Å². The van der Waals surface area contributed by atoms with Crippen molar-refractivity contribution >= 4 is 8.25 Å².